The lowest BCUT2D eigenvalue weighted by Crippen LogP contribution is -2.36. The second-order valence-electron chi connectivity index (χ2n) is 7.85. The van der Waals surface area contributed by atoms with Crippen molar-refractivity contribution in [2.75, 3.05) is 36.5 Å². The van der Waals surface area contributed by atoms with Crippen molar-refractivity contribution in [2.45, 2.75) is 0 Å². The van der Waals surface area contributed by atoms with Crippen LogP contribution in [0, 0.1) is 10.1 Å². The summed E-state index contributed by atoms with van der Waals surface area (Å²) in [5, 5.41) is 17.3. The maximum absolute atomic E-state index is 12.9. The van der Waals surface area contributed by atoms with Gasteiger partial charge in [-0.1, -0.05) is 18.2 Å². The second-order valence-corrected chi connectivity index (χ2v) is 8.71. The molecule has 1 saturated heterocycles. The fraction of sp³-hybridized carbons (Fsp3) is 0.160. The molecule has 2 aromatic carbocycles. The maximum Gasteiger partial charge on any atom is 0.293 e. The molecule has 1 aliphatic heterocycles. The van der Waals surface area contributed by atoms with Gasteiger partial charge in [-0.25, -0.2) is 4.98 Å². The average Bonchev–Trinajstić information content (AvgIpc) is 3.40. The predicted molar refractivity (Wildman–Crippen MR) is 135 cm³/mol. The zero-order chi connectivity index (χ0) is 24.2. The van der Waals surface area contributed by atoms with Crippen LogP contribution in [0.1, 0.15) is 10.4 Å². The third kappa shape index (κ3) is 5.03. The first-order valence-corrected chi connectivity index (χ1v) is 11.9. The number of nitrogens with one attached hydrogen (secondary N) is 1. The molecule has 0 atom stereocenters. The van der Waals surface area contributed by atoms with Crippen LogP contribution in [0.15, 0.2) is 72.2 Å². The van der Waals surface area contributed by atoms with Crippen molar-refractivity contribution >= 4 is 34.3 Å². The van der Waals surface area contributed by atoms with Crippen LogP contribution in [-0.2, 0) is 4.74 Å². The zero-order valence-electron chi connectivity index (χ0n) is 18.6. The van der Waals surface area contributed by atoms with Crippen molar-refractivity contribution in [1.82, 2.24) is 9.97 Å². The Labute approximate surface area is 205 Å². The third-order valence-corrected chi connectivity index (χ3v) is 6.46. The number of aromatic nitrogens is 2. The second kappa shape index (κ2) is 10.00. The number of nitro groups is 1. The number of carbonyl (C=O) groups excluding carboxylic acids is 1. The third-order valence-electron chi connectivity index (χ3n) is 5.59. The van der Waals surface area contributed by atoms with Crippen molar-refractivity contribution in [3.05, 3.63) is 87.9 Å². The molecule has 10 heteroatoms. The van der Waals surface area contributed by atoms with E-state index in [1.165, 1.54) is 17.4 Å². The van der Waals surface area contributed by atoms with Crippen LogP contribution in [0.5, 0.6) is 0 Å². The topological polar surface area (TPSA) is 110 Å². The van der Waals surface area contributed by atoms with Gasteiger partial charge in [0.05, 0.1) is 29.5 Å². The van der Waals surface area contributed by atoms with Crippen LogP contribution in [0.25, 0.3) is 22.0 Å². The number of morpholine rings is 1. The van der Waals surface area contributed by atoms with E-state index in [0.717, 1.165) is 22.0 Å². The fourth-order valence-corrected chi connectivity index (χ4v) is 4.66. The highest BCUT2D eigenvalue weighted by Gasteiger charge is 2.23. The van der Waals surface area contributed by atoms with Gasteiger partial charge in [-0.3, -0.25) is 19.9 Å². The molecule has 9 nitrogen and oxygen atoms in total. The summed E-state index contributed by atoms with van der Waals surface area (Å²) in [5.41, 5.74) is 3.59. The van der Waals surface area contributed by atoms with Gasteiger partial charge in [0.2, 0.25) is 0 Å². The van der Waals surface area contributed by atoms with Crippen molar-refractivity contribution < 1.29 is 14.5 Å². The molecule has 1 N–H and O–H groups in total. The van der Waals surface area contributed by atoms with Gasteiger partial charge in [0.25, 0.3) is 11.6 Å². The highest BCUT2D eigenvalue weighted by atomic mass is 32.1. The van der Waals surface area contributed by atoms with E-state index in [-0.39, 0.29) is 11.3 Å². The summed E-state index contributed by atoms with van der Waals surface area (Å²) in [6, 6.07) is 17.6. The largest absolute Gasteiger partial charge is 0.378 e. The van der Waals surface area contributed by atoms with Gasteiger partial charge in [0, 0.05) is 47.5 Å². The normalized spacial score (nSPS) is 13.4. The van der Waals surface area contributed by atoms with Crippen LogP contribution in [0.3, 0.4) is 0 Å². The first kappa shape index (κ1) is 22.6. The lowest BCUT2D eigenvalue weighted by atomic mass is 10.1. The molecule has 0 unspecified atom stereocenters. The monoisotopic (exact) mass is 487 g/mol. The van der Waals surface area contributed by atoms with E-state index >= 15 is 0 Å². The summed E-state index contributed by atoms with van der Waals surface area (Å²) < 4.78 is 5.33. The number of anilines is 2. The lowest BCUT2D eigenvalue weighted by molar-refractivity contribution is -0.384. The Morgan fingerprint density at radius 3 is 2.69 bits per heavy atom. The van der Waals surface area contributed by atoms with E-state index < -0.39 is 10.8 Å². The molecule has 1 aliphatic rings. The molecule has 0 radical (unpaired) electrons. The molecule has 0 aliphatic carbocycles. The predicted octanol–water partition coefficient (Wildman–Crippen LogP) is 4.87. The molecule has 5 rings (SSSR count). The average molecular weight is 488 g/mol. The van der Waals surface area contributed by atoms with E-state index in [2.05, 4.69) is 15.3 Å². The smallest absolute Gasteiger partial charge is 0.293 e. The van der Waals surface area contributed by atoms with Gasteiger partial charge in [-0.15, -0.1) is 11.3 Å². The first-order valence-electron chi connectivity index (χ1n) is 11.0. The van der Waals surface area contributed by atoms with Crippen LogP contribution >= 0.6 is 11.3 Å². The number of thiazole rings is 1. The molecule has 35 heavy (non-hydrogen) atoms. The summed E-state index contributed by atoms with van der Waals surface area (Å²) in [5.74, 6) is -0.425. The molecule has 0 spiro atoms. The molecule has 4 aromatic rings. The summed E-state index contributed by atoms with van der Waals surface area (Å²) in [7, 11) is 0. The van der Waals surface area contributed by atoms with Gasteiger partial charge in [-0.2, -0.15) is 0 Å². The quantitative estimate of drug-likeness (QED) is 0.305. The Balaban J connectivity index is 1.35. The Bertz CT molecular complexity index is 1370. The number of benzene rings is 2. The minimum atomic E-state index is -0.455. The van der Waals surface area contributed by atoms with Crippen molar-refractivity contribution in [3.63, 3.8) is 0 Å². The molecule has 1 amide bonds. The summed E-state index contributed by atoms with van der Waals surface area (Å²) in [6.07, 6.45) is 1.73. The van der Waals surface area contributed by atoms with E-state index in [9.17, 15) is 14.9 Å². The van der Waals surface area contributed by atoms with Crippen LogP contribution < -0.4 is 10.2 Å². The number of hydrogen-bond acceptors (Lipinski definition) is 8. The molecule has 0 saturated carbocycles. The minimum absolute atomic E-state index is 0.0992. The molecule has 0 bridgehead atoms. The Hall–Kier alpha value is -4.15. The maximum atomic E-state index is 12.9. The molecule has 3 heterocycles. The summed E-state index contributed by atoms with van der Waals surface area (Å²) >= 11 is 1.49. The van der Waals surface area contributed by atoms with Gasteiger partial charge in [0.1, 0.15) is 10.7 Å². The molecule has 2 aromatic heterocycles. The number of carbonyl (C=O) groups is 1. The van der Waals surface area contributed by atoms with Crippen molar-refractivity contribution in [3.8, 4) is 22.0 Å². The van der Waals surface area contributed by atoms with E-state index in [4.69, 9.17) is 4.74 Å². The van der Waals surface area contributed by atoms with Gasteiger partial charge in [0.15, 0.2) is 0 Å². The molecule has 176 valence electrons. The number of pyridine rings is 1. The van der Waals surface area contributed by atoms with Gasteiger partial charge >= 0.3 is 0 Å². The summed E-state index contributed by atoms with van der Waals surface area (Å²) in [4.78, 5) is 35.1. The van der Waals surface area contributed by atoms with Crippen LogP contribution in [0.2, 0.25) is 0 Å². The first-order chi connectivity index (χ1) is 17.1. The standard InChI is InChI=1S/C25H21N5O4S/c31-24(18-7-8-22(23(15-18)30(32)33)29-10-12-34-13-11-29)27-19-5-3-4-17(14-19)21-16-35-25(28-21)20-6-1-2-9-26-20/h1-9,14-16H,10-13H2,(H,27,31). The number of rotatable bonds is 6. The Morgan fingerprint density at radius 2 is 1.91 bits per heavy atom. The van der Waals surface area contributed by atoms with E-state index in [1.807, 2.05) is 46.7 Å². The van der Waals surface area contributed by atoms with Crippen LogP contribution in [-0.4, -0.2) is 47.1 Å². The number of ether oxygens (including phenoxy) is 1. The Morgan fingerprint density at radius 1 is 1.06 bits per heavy atom. The van der Waals surface area contributed by atoms with Crippen molar-refractivity contribution in [2.24, 2.45) is 0 Å². The number of nitro benzene ring substituents is 1. The van der Waals surface area contributed by atoms with Gasteiger partial charge < -0.3 is 15.0 Å². The number of nitrogens with zero attached hydrogens (tertiary/aromatic N) is 4. The van der Waals surface area contributed by atoms with Gasteiger partial charge in [-0.05, 0) is 36.4 Å². The van der Waals surface area contributed by atoms with E-state index in [0.29, 0.717) is 37.7 Å². The highest BCUT2D eigenvalue weighted by Crippen LogP contribution is 2.31. The number of amides is 1. The van der Waals surface area contributed by atoms with Crippen LogP contribution in [0.4, 0.5) is 17.1 Å². The zero-order valence-corrected chi connectivity index (χ0v) is 19.4. The molecule has 1 fully saturated rings. The molecular formula is C25H21N5O4S. The number of hydrogen-bond donors (Lipinski definition) is 1. The van der Waals surface area contributed by atoms with Crippen molar-refractivity contribution in [1.29, 1.82) is 0 Å². The van der Waals surface area contributed by atoms with E-state index in [1.54, 1.807) is 24.4 Å². The summed E-state index contributed by atoms with van der Waals surface area (Å²) in [6.45, 7) is 2.16. The fourth-order valence-electron chi connectivity index (χ4n) is 3.86. The Kier molecular flexibility index (Phi) is 6.47. The lowest BCUT2D eigenvalue weighted by Gasteiger charge is -2.28. The molecular weight excluding hydrogens is 466 g/mol. The minimum Gasteiger partial charge on any atom is -0.378 e. The highest BCUT2D eigenvalue weighted by molar-refractivity contribution is 7.13. The SMILES string of the molecule is O=C(Nc1cccc(-c2csc(-c3ccccn3)n2)c1)c1ccc(N2CCOCC2)c([N+](=O)[O-])c1.